The molecule has 15 nitrogen and oxygen atoms in total. The molecular formula is C45H77N3O12S. The molecule has 0 radical (unpaired) electrons. The summed E-state index contributed by atoms with van der Waals surface area (Å²) < 4.78 is 38.0. The Labute approximate surface area is 369 Å². The van der Waals surface area contributed by atoms with Crippen molar-refractivity contribution >= 4 is 23.3 Å². The van der Waals surface area contributed by atoms with Gasteiger partial charge in [0, 0.05) is 45.6 Å². The molecule has 0 spiro atoms. The Balaban J connectivity index is 1.76. The van der Waals surface area contributed by atoms with Crippen LogP contribution >= 0.6 is 12.2 Å². The SMILES string of the molecule is CC[C@H]1OC(=O)[C@H](C)[C@@H](O[C@H]2C[C@@](C)(OC)[C@@H](O)[C@H](C)O2)[C@H](C)[C@@H](O[C@@H]2O[C@H](C)C[C@H](N(C)C(=S)NCc3ccccc3)[C@H]2O)[C@](C)(O)C[C@@H](C)CN(C)[C@H](C)[C@@H](O)[C@]1(C)O. The minimum Gasteiger partial charge on any atom is -0.459 e. The quantitative estimate of drug-likeness (QED) is 0.156. The maximum atomic E-state index is 14.4. The summed E-state index contributed by atoms with van der Waals surface area (Å²) in [4.78, 5) is 18.1. The third kappa shape index (κ3) is 12.2. The highest BCUT2D eigenvalue weighted by Gasteiger charge is 2.53. The molecule has 4 rings (SSSR count). The number of ether oxygens (including phenoxy) is 6. The number of esters is 1. The van der Waals surface area contributed by atoms with Crippen molar-refractivity contribution in [3.8, 4) is 0 Å². The molecule has 6 N–H and O–H groups in total. The van der Waals surface area contributed by atoms with Crippen LogP contribution in [0.3, 0.4) is 0 Å². The van der Waals surface area contributed by atoms with Crippen LogP contribution in [-0.2, 0) is 39.8 Å². The monoisotopic (exact) mass is 884 g/mol. The molecule has 3 aliphatic rings. The number of nitrogens with one attached hydrogen (secondary N) is 1. The molecular weight excluding hydrogens is 807 g/mol. The first kappa shape index (κ1) is 51.6. The molecule has 3 heterocycles. The average molecular weight is 884 g/mol. The molecule has 1 aromatic rings. The van der Waals surface area contributed by atoms with E-state index in [0.29, 0.717) is 24.6 Å². The van der Waals surface area contributed by atoms with E-state index >= 15 is 0 Å². The summed E-state index contributed by atoms with van der Waals surface area (Å²) in [6, 6.07) is 8.77. The lowest BCUT2D eigenvalue weighted by atomic mass is 9.77. The van der Waals surface area contributed by atoms with Gasteiger partial charge in [0.2, 0.25) is 0 Å². The van der Waals surface area contributed by atoms with Crippen molar-refractivity contribution in [2.45, 2.75) is 192 Å². The van der Waals surface area contributed by atoms with Crippen molar-refractivity contribution < 1.29 is 58.7 Å². The Kier molecular flexibility index (Phi) is 18.0. The van der Waals surface area contributed by atoms with Crippen molar-refractivity contribution in [3.63, 3.8) is 0 Å². The van der Waals surface area contributed by atoms with E-state index in [1.807, 2.05) is 75.0 Å². The molecule has 0 aliphatic carbocycles. The summed E-state index contributed by atoms with van der Waals surface area (Å²) in [6.45, 7) is 18.4. The van der Waals surface area contributed by atoms with Crippen LogP contribution in [0, 0.1) is 17.8 Å². The number of nitrogens with zero attached hydrogens (tertiary/aromatic N) is 2. The van der Waals surface area contributed by atoms with Crippen molar-refractivity contribution in [1.82, 2.24) is 15.1 Å². The standard InChI is InChI=1S/C45H77N3O12S/c1-14-33-45(10,54)37(50)29(6)47(11)24-25(2)21-43(8,53)39(27(4)36(28(5)40(52)58-33)59-34-22-44(9,55-13)38(51)30(7)57-34)60-41-35(49)32(20-26(3)56-41)48(12)42(61)46-23-31-18-16-15-17-19-31/h15-19,25-30,32-39,41,49-51,53-54H,14,20-24H2,1-13H3,(H,46,61)/t25-,26-,27+,28-,29-,30+,32+,33-,34+,35-,36+,37-,38+,39-,41+,43-,44-,45-/m1/s1. The zero-order valence-electron chi connectivity index (χ0n) is 38.7. The fraction of sp³-hybridized carbons (Fsp3) is 0.822. The fourth-order valence-corrected chi connectivity index (χ4v) is 9.86. The Morgan fingerprint density at radius 1 is 0.984 bits per heavy atom. The number of carbonyl (C=O) groups is 1. The molecule has 0 bridgehead atoms. The van der Waals surface area contributed by atoms with Crippen molar-refractivity contribution in [2.75, 3.05) is 27.7 Å². The van der Waals surface area contributed by atoms with Crippen LogP contribution in [0.15, 0.2) is 30.3 Å². The van der Waals surface area contributed by atoms with Gasteiger partial charge in [0.25, 0.3) is 0 Å². The second-order valence-electron chi connectivity index (χ2n) is 19.0. The molecule has 0 unspecified atom stereocenters. The van der Waals surface area contributed by atoms with Gasteiger partial charge in [-0.25, -0.2) is 0 Å². The zero-order valence-corrected chi connectivity index (χ0v) is 39.5. The molecule has 3 fully saturated rings. The Morgan fingerprint density at radius 3 is 2.23 bits per heavy atom. The Hall–Kier alpha value is -2.06. The van der Waals surface area contributed by atoms with Crippen molar-refractivity contribution in [3.05, 3.63) is 35.9 Å². The normalized spacial score (nSPS) is 43.7. The van der Waals surface area contributed by atoms with Gasteiger partial charge in [0.1, 0.15) is 30.0 Å². The van der Waals surface area contributed by atoms with E-state index in [2.05, 4.69) is 5.32 Å². The number of carbonyl (C=O) groups excluding carboxylic acids is 1. The van der Waals surface area contributed by atoms with Crippen LogP contribution in [-0.4, -0.2) is 164 Å². The van der Waals surface area contributed by atoms with Crippen molar-refractivity contribution in [1.29, 1.82) is 0 Å². The molecule has 18 atom stereocenters. The Bertz CT molecular complexity index is 1560. The van der Waals surface area contributed by atoms with Gasteiger partial charge in [-0.3, -0.25) is 4.79 Å². The van der Waals surface area contributed by atoms with Gasteiger partial charge in [-0.2, -0.15) is 0 Å². The largest absolute Gasteiger partial charge is 0.459 e. The lowest BCUT2D eigenvalue weighted by Gasteiger charge is -2.49. The van der Waals surface area contributed by atoms with Gasteiger partial charge >= 0.3 is 5.97 Å². The van der Waals surface area contributed by atoms with E-state index in [1.54, 1.807) is 41.5 Å². The lowest BCUT2D eigenvalue weighted by Crippen LogP contribution is -2.61. The summed E-state index contributed by atoms with van der Waals surface area (Å²) in [5.41, 5.74) is -3.45. The molecule has 0 aromatic heterocycles. The number of benzene rings is 1. The highest BCUT2D eigenvalue weighted by molar-refractivity contribution is 7.80. The van der Waals surface area contributed by atoms with Gasteiger partial charge in [-0.15, -0.1) is 0 Å². The number of thiocarbonyl (C=S) groups is 1. The van der Waals surface area contributed by atoms with E-state index in [1.165, 1.54) is 14.0 Å². The number of cyclic esters (lactones) is 1. The Morgan fingerprint density at radius 2 is 1.62 bits per heavy atom. The second kappa shape index (κ2) is 21.3. The first-order valence-corrected chi connectivity index (χ1v) is 22.4. The number of aliphatic hydroxyl groups excluding tert-OH is 3. The molecule has 0 amide bonds. The van der Waals surface area contributed by atoms with Crippen LogP contribution in [0.5, 0.6) is 0 Å². The number of methoxy groups -OCH3 is 1. The summed E-state index contributed by atoms with van der Waals surface area (Å²) in [7, 11) is 5.16. The van der Waals surface area contributed by atoms with E-state index in [9.17, 15) is 30.3 Å². The predicted molar refractivity (Wildman–Crippen MR) is 234 cm³/mol. The predicted octanol–water partition coefficient (Wildman–Crippen LogP) is 3.35. The third-order valence-electron chi connectivity index (χ3n) is 13.6. The van der Waals surface area contributed by atoms with E-state index in [0.717, 1.165) is 5.56 Å². The molecule has 3 saturated heterocycles. The first-order valence-electron chi connectivity index (χ1n) is 22.0. The smallest absolute Gasteiger partial charge is 0.311 e. The molecule has 350 valence electrons. The summed E-state index contributed by atoms with van der Waals surface area (Å²) >= 11 is 5.80. The van der Waals surface area contributed by atoms with Crippen LogP contribution in [0.2, 0.25) is 0 Å². The minimum absolute atomic E-state index is 0.107. The van der Waals surface area contributed by atoms with Crippen LogP contribution < -0.4 is 5.32 Å². The summed E-state index contributed by atoms with van der Waals surface area (Å²) in [6.07, 6.45) is -9.12. The van der Waals surface area contributed by atoms with Crippen LogP contribution in [0.4, 0.5) is 0 Å². The highest BCUT2D eigenvalue weighted by Crippen LogP contribution is 2.40. The maximum absolute atomic E-state index is 14.4. The molecule has 61 heavy (non-hydrogen) atoms. The highest BCUT2D eigenvalue weighted by atomic mass is 32.1. The summed E-state index contributed by atoms with van der Waals surface area (Å²) in [5, 5.41) is 63.0. The summed E-state index contributed by atoms with van der Waals surface area (Å²) in [5.74, 6) is -2.76. The van der Waals surface area contributed by atoms with Crippen molar-refractivity contribution in [2.24, 2.45) is 17.8 Å². The number of rotatable bonds is 9. The number of hydrogen-bond donors (Lipinski definition) is 6. The number of hydrogen-bond acceptors (Lipinski definition) is 14. The third-order valence-corrected chi connectivity index (χ3v) is 14.1. The van der Waals surface area contributed by atoms with Crippen LogP contribution in [0.1, 0.15) is 100 Å². The topological polar surface area (TPSA) is 192 Å². The van der Waals surface area contributed by atoms with E-state index in [4.69, 9.17) is 40.6 Å². The van der Waals surface area contributed by atoms with E-state index in [-0.39, 0.29) is 31.3 Å². The fourth-order valence-electron chi connectivity index (χ4n) is 9.66. The maximum Gasteiger partial charge on any atom is 0.311 e. The second-order valence-corrected chi connectivity index (χ2v) is 19.3. The lowest BCUT2D eigenvalue weighted by molar-refractivity contribution is -0.317. The van der Waals surface area contributed by atoms with Gasteiger partial charge in [0.15, 0.2) is 17.7 Å². The van der Waals surface area contributed by atoms with E-state index < -0.39 is 102 Å². The first-order chi connectivity index (χ1) is 28.4. The molecule has 3 aliphatic heterocycles. The van der Waals surface area contributed by atoms with Gasteiger partial charge < -0.3 is 69.1 Å². The van der Waals surface area contributed by atoms with Gasteiger partial charge in [-0.1, -0.05) is 51.1 Å². The zero-order chi connectivity index (χ0) is 45.8. The number of aliphatic hydroxyl groups is 5. The average Bonchev–Trinajstić information content (AvgIpc) is 3.21. The number of likely N-dealkylation sites (N-methyl/N-ethyl adjacent to an activating group) is 2. The molecule has 16 heteroatoms. The molecule has 1 aromatic carbocycles. The van der Waals surface area contributed by atoms with Crippen LogP contribution in [0.25, 0.3) is 0 Å². The molecule has 0 saturated carbocycles. The van der Waals surface area contributed by atoms with Gasteiger partial charge in [0.05, 0.1) is 47.6 Å². The van der Waals surface area contributed by atoms with Gasteiger partial charge in [-0.05, 0) is 98.5 Å². The minimum atomic E-state index is -1.83.